The third kappa shape index (κ3) is 7.41. The van der Waals surface area contributed by atoms with Crippen molar-refractivity contribution in [3.8, 4) is 5.75 Å². The van der Waals surface area contributed by atoms with Crippen molar-refractivity contribution >= 4 is 17.7 Å². The maximum Gasteiger partial charge on any atom is 0.333 e. The first-order valence-corrected chi connectivity index (χ1v) is 11.4. The molecular formula is C25H30F2N2O5. The van der Waals surface area contributed by atoms with E-state index in [0.717, 1.165) is 37.0 Å². The van der Waals surface area contributed by atoms with Crippen LogP contribution in [0.25, 0.3) is 0 Å². The fraction of sp³-hybridized carbons (Fsp3) is 0.440. The Kier molecular flexibility index (Phi) is 9.21. The van der Waals surface area contributed by atoms with Crippen molar-refractivity contribution in [2.75, 3.05) is 31.6 Å². The third-order valence-corrected chi connectivity index (χ3v) is 5.78. The molecule has 3 rings (SSSR count). The number of carboxylic acids is 1. The fourth-order valence-corrected chi connectivity index (χ4v) is 3.68. The second-order valence-electron chi connectivity index (χ2n) is 8.28. The van der Waals surface area contributed by atoms with Gasteiger partial charge in [0.05, 0.1) is 12.2 Å². The number of carbonyl (C=O) groups is 2. The predicted octanol–water partition coefficient (Wildman–Crippen LogP) is 4.71. The van der Waals surface area contributed by atoms with Crippen LogP contribution in [0.2, 0.25) is 0 Å². The van der Waals surface area contributed by atoms with Gasteiger partial charge in [-0.15, -0.1) is 0 Å². The van der Waals surface area contributed by atoms with Crippen molar-refractivity contribution in [1.29, 1.82) is 0 Å². The van der Waals surface area contributed by atoms with E-state index in [1.807, 2.05) is 0 Å². The highest BCUT2D eigenvalue weighted by molar-refractivity contribution is 5.89. The van der Waals surface area contributed by atoms with E-state index >= 15 is 0 Å². The van der Waals surface area contributed by atoms with Crippen LogP contribution in [0.3, 0.4) is 0 Å². The summed E-state index contributed by atoms with van der Waals surface area (Å²) in [5.41, 5.74) is 0.730. The van der Waals surface area contributed by atoms with Crippen molar-refractivity contribution in [1.82, 2.24) is 4.90 Å². The Balaban J connectivity index is 1.54. The molecule has 0 saturated heterocycles. The monoisotopic (exact) mass is 476 g/mol. The summed E-state index contributed by atoms with van der Waals surface area (Å²) >= 11 is 0. The van der Waals surface area contributed by atoms with E-state index in [1.165, 1.54) is 6.07 Å². The number of benzene rings is 2. The number of carbonyl (C=O) groups excluding carboxylic acids is 1. The van der Waals surface area contributed by atoms with E-state index in [-0.39, 0.29) is 18.7 Å². The molecule has 2 aromatic rings. The van der Waals surface area contributed by atoms with Crippen LogP contribution in [-0.2, 0) is 16.0 Å². The molecule has 1 atom stereocenters. The Morgan fingerprint density at radius 2 is 1.91 bits per heavy atom. The number of carboxylic acid groups (broad SMARTS) is 1. The number of rotatable bonds is 12. The van der Waals surface area contributed by atoms with E-state index in [9.17, 15) is 23.5 Å². The number of ether oxygens (including phenoxy) is 2. The Bertz CT molecular complexity index is 966. The Morgan fingerprint density at radius 1 is 1.18 bits per heavy atom. The Morgan fingerprint density at radius 3 is 2.50 bits per heavy atom. The zero-order valence-electron chi connectivity index (χ0n) is 19.1. The van der Waals surface area contributed by atoms with Crippen molar-refractivity contribution < 1.29 is 33.0 Å². The molecule has 0 bridgehead atoms. The van der Waals surface area contributed by atoms with Gasteiger partial charge in [-0.1, -0.05) is 18.6 Å². The highest BCUT2D eigenvalue weighted by atomic mass is 19.1. The van der Waals surface area contributed by atoms with Crippen LogP contribution in [0.1, 0.15) is 31.7 Å². The minimum absolute atomic E-state index is 0.0757. The first-order chi connectivity index (χ1) is 16.4. The quantitative estimate of drug-likeness (QED) is 0.463. The number of hydrogen-bond donors (Lipinski definition) is 2. The van der Waals surface area contributed by atoms with E-state index in [1.54, 1.807) is 36.1 Å². The molecule has 2 aromatic carbocycles. The van der Waals surface area contributed by atoms with Crippen LogP contribution < -0.4 is 10.1 Å². The van der Waals surface area contributed by atoms with E-state index in [4.69, 9.17) is 9.47 Å². The summed E-state index contributed by atoms with van der Waals surface area (Å²) in [4.78, 5) is 25.6. The topological polar surface area (TPSA) is 88.1 Å². The van der Waals surface area contributed by atoms with Crippen molar-refractivity contribution in [3.05, 3.63) is 59.7 Å². The summed E-state index contributed by atoms with van der Waals surface area (Å²) in [5, 5.41) is 11.7. The number of amides is 2. The molecule has 34 heavy (non-hydrogen) atoms. The number of halogens is 2. The van der Waals surface area contributed by atoms with E-state index < -0.39 is 29.7 Å². The predicted molar refractivity (Wildman–Crippen MR) is 123 cm³/mol. The van der Waals surface area contributed by atoms with Crippen LogP contribution >= 0.6 is 0 Å². The summed E-state index contributed by atoms with van der Waals surface area (Å²) < 4.78 is 38.1. The first-order valence-electron chi connectivity index (χ1n) is 11.4. The Labute approximate surface area is 197 Å². The number of nitrogens with one attached hydrogen (secondary N) is 1. The smallest absolute Gasteiger partial charge is 0.333 e. The molecule has 1 aliphatic rings. The van der Waals surface area contributed by atoms with Gasteiger partial charge in [-0.05, 0) is 55.5 Å². The van der Waals surface area contributed by atoms with Gasteiger partial charge in [0.25, 0.3) is 0 Å². The molecule has 9 heteroatoms. The highest BCUT2D eigenvalue weighted by Gasteiger charge is 2.24. The second kappa shape index (κ2) is 12.3. The van der Waals surface area contributed by atoms with Crippen molar-refractivity contribution in [2.24, 2.45) is 5.92 Å². The Hall–Kier alpha value is -3.20. The number of nitrogens with zero attached hydrogens (tertiary/aromatic N) is 1. The average molecular weight is 477 g/mol. The van der Waals surface area contributed by atoms with Crippen LogP contribution in [0, 0.1) is 17.6 Å². The molecule has 1 aliphatic carbocycles. The number of urea groups is 1. The van der Waals surface area contributed by atoms with Gasteiger partial charge in [0.2, 0.25) is 0 Å². The van der Waals surface area contributed by atoms with E-state index in [0.29, 0.717) is 31.4 Å². The minimum Gasteiger partial charge on any atom is -0.492 e. The lowest BCUT2D eigenvalue weighted by Gasteiger charge is -2.32. The molecule has 2 N–H and O–H groups in total. The van der Waals surface area contributed by atoms with Gasteiger partial charge in [-0.3, -0.25) is 0 Å². The molecule has 0 spiro atoms. The fourth-order valence-electron chi connectivity index (χ4n) is 3.68. The summed E-state index contributed by atoms with van der Waals surface area (Å²) in [6, 6.07) is 9.59. The largest absolute Gasteiger partial charge is 0.492 e. The number of aliphatic carboxylic acids is 1. The van der Waals surface area contributed by atoms with Gasteiger partial charge in [0.15, 0.2) is 6.10 Å². The molecule has 1 fully saturated rings. The van der Waals surface area contributed by atoms with Crippen LogP contribution in [0.15, 0.2) is 42.5 Å². The summed E-state index contributed by atoms with van der Waals surface area (Å²) in [7, 11) is 0. The standard InChI is InChI=1S/C25H30F2N2O5/c1-2-33-23(24(30)31)14-17-6-9-20(10-7-17)34-13-12-29(16-18-4-3-5-18)25(32)28-22-11-8-19(26)15-21(22)27/h6-11,15,18,23H,2-5,12-14,16H2,1H3,(H,28,32)(H,30,31). The summed E-state index contributed by atoms with van der Waals surface area (Å²) in [6.07, 6.45) is 2.55. The molecule has 1 unspecified atom stereocenters. The molecule has 7 nitrogen and oxygen atoms in total. The van der Waals surface area contributed by atoms with Gasteiger partial charge < -0.3 is 24.8 Å². The van der Waals surface area contributed by atoms with E-state index in [2.05, 4.69) is 5.32 Å². The zero-order chi connectivity index (χ0) is 24.5. The average Bonchev–Trinajstić information content (AvgIpc) is 2.77. The van der Waals surface area contributed by atoms with Crippen LogP contribution in [-0.4, -0.2) is 54.4 Å². The maximum absolute atomic E-state index is 13.9. The number of hydrogen-bond acceptors (Lipinski definition) is 4. The molecule has 0 heterocycles. The molecule has 1 saturated carbocycles. The summed E-state index contributed by atoms with van der Waals surface area (Å²) in [5.74, 6) is -1.57. The lowest BCUT2D eigenvalue weighted by molar-refractivity contribution is -0.149. The number of anilines is 1. The summed E-state index contributed by atoms with van der Waals surface area (Å²) in [6.45, 7) is 3.11. The van der Waals surface area contributed by atoms with Gasteiger partial charge in [-0.2, -0.15) is 0 Å². The van der Waals surface area contributed by atoms with Gasteiger partial charge in [0.1, 0.15) is 24.0 Å². The lowest BCUT2D eigenvalue weighted by Crippen LogP contribution is -2.42. The lowest BCUT2D eigenvalue weighted by atomic mass is 9.85. The maximum atomic E-state index is 13.9. The highest BCUT2D eigenvalue weighted by Crippen LogP contribution is 2.27. The van der Waals surface area contributed by atoms with Crippen molar-refractivity contribution in [2.45, 2.75) is 38.7 Å². The van der Waals surface area contributed by atoms with Gasteiger partial charge in [0, 0.05) is 25.6 Å². The van der Waals surface area contributed by atoms with Crippen molar-refractivity contribution in [3.63, 3.8) is 0 Å². The normalized spacial score (nSPS) is 14.2. The van der Waals surface area contributed by atoms with Gasteiger partial charge in [-0.25, -0.2) is 18.4 Å². The molecule has 184 valence electrons. The van der Waals surface area contributed by atoms with Gasteiger partial charge >= 0.3 is 12.0 Å². The van der Waals surface area contributed by atoms with Crippen LogP contribution in [0.4, 0.5) is 19.3 Å². The first kappa shape index (κ1) is 25.4. The molecule has 2 amide bonds. The third-order valence-electron chi connectivity index (χ3n) is 5.78. The molecule has 0 radical (unpaired) electrons. The molecule has 0 aromatic heterocycles. The zero-order valence-corrected chi connectivity index (χ0v) is 19.1. The molecular weight excluding hydrogens is 446 g/mol. The van der Waals surface area contributed by atoms with Crippen LogP contribution in [0.5, 0.6) is 5.75 Å². The SMILES string of the molecule is CCOC(Cc1ccc(OCCN(CC2CCC2)C(=O)Nc2ccc(F)cc2F)cc1)C(=O)O. The second-order valence-corrected chi connectivity index (χ2v) is 8.28. The molecule has 0 aliphatic heterocycles. The minimum atomic E-state index is -1.01.